The third-order valence-corrected chi connectivity index (χ3v) is 6.35. The van der Waals surface area contributed by atoms with E-state index in [1.54, 1.807) is 18.3 Å². The van der Waals surface area contributed by atoms with Crippen molar-refractivity contribution in [2.75, 3.05) is 18.6 Å². The molecule has 2 atom stereocenters. The number of benzene rings is 2. The number of rotatable bonds is 7. The lowest BCUT2D eigenvalue weighted by molar-refractivity contribution is 0.0601. The van der Waals surface area contributed by atoms with Gasteiger partial charge < -0.3 is 24.1 Å². The highest BCUT2D eigenvalue weighted by Gasteiger charge is 2.42. The molecule has 0 radical (unpaired) electrons. The molecule has 1 saturated heterocycles. The fraction of sp³-hybridized carbons (Fsp3) is 0.179. The lowest BCUT2D eigenvalue weighted by atomic mass is 10.0. The Bertz CT molecular complexity index is 1370. The SMILES string of the molecule is CCOc1ccc(N2C(=S)N[C@H](c3ccccn3)[C@H]2c2ccc(-c3ccccc3C(=O)OC)o2)cc1. The smallest absolute Gasteiger partial charge is 0.338 e. The largest absolute Gasteiger partial charge is 0.494 e. The Morgan fingerprint density at radius 2 is 1.83 bits per heavy atom. The zero-order valence-electron chi connectivity index (χ0n) is 19.9. The Kier molecular flexibility index (Phi) is 6.69. The summed E-state index contributed by atoms with van der Waals surface area (Å²) in [6, 6.07) is 24.0. The number of hydrogen-bond acceptors (Lipinski definition) is 6. The summed E-state index contributed by atoms with van der Waals surface area (Å²) in [6.45, 7) is 2.55. The highest BCUT2D eigenvalue weighted by atomic mass is 32.1. The zero-order valence-corrected chi connectivity index (χ0v) is 20.7. The van der Waals surface area contributed by atoms with Gasteiger partial charge in [-0.25, -0.2) is 4.79 Å². The molecule has 0 saturated carbocycles. The normalized spacial score (nSPS) is 17.1. The van der Waals surface area contributed by atoms with Crippen molar-refractivity contribution in [2.24, 2.45) is 0 Å². The van der Waals surface area contributed by atoms with Crippen molar-refractivity contribution in [1.29, 1.82) is 0 Å². The monoisotopic (exact) mass is 499 g/mol. The van der Waals surface area contributed by atoms with Crippen LogP contribution in [-0.4, -0.2) is 29.8 Å². The predicted octanol–water partition coefficient (Wildman–Crippen LogP) is 5.70. The maximum atomic E-state index is 12.3. The fourth-order valence-electron chi connectivity index (χ4n) is 4.43. The Morgan fingerprint density at radius 1 is 1.06 bits per heavy atom. The zero-order chi connectivity index (χ0) is 25.1. The fourth-order valence-corrected chi connectivity index (χ4v) is 4.78. The lowest BCUT2D eigenvalue weighted by Gasteiger charge is -2.26. The quantitative estimate of drug-likeness (QED) is 0.256. The highest BCUT2D eigenvalue weighted by molar-refractivity contribution is 7.80. The third kappa shape index (κ3) is 4.43. The minimum Gasteiger partial charge on any atom is -0.494 e. The maximum absolute atomic E-state index is 12.3. The van der Waals surface area contributed by atoms with Crippen molar-refractivity contribution >= 4 is 29.0 Å². The molecule has 1 N–H and O–H groups in total. The van der Waals surface area contributed by atoms with E-state index in [4.69, 9.17) is 26.1 Å². The first-order valence-electron chi connectivity index (χ1n) is 11.6. The number of carbonyl (C=O) groups is 1. The molecule has 36 heavy (non-hydrogen) atoms. The second-order valence-corrected chi connectivity index (χ2v) is 8.55. The summed E-state index contributed by atoms with van der Waals surface area (Å²) in [7, 11) is 1.37. The van der Waals surface area contributed by atoms with Crippen molar-refractivity contribution in [3.8, 4) is 17.1 Å². The molecule has 2 aromatic carbocycles. The molecule has 0 bridgehead atoms. The predicted molar refractivity (Wildman–Crippen MR) is 141 cm³/mol. The van der Waals surface area contributed by atoms with Crippen molar-refractivity contribution in [2.45, 2.75) is 19.0 Å². The van der Waals surface area contributed by atoms with E-state index in [-0.39, 0.29) is 12.1 Å². The number of furan rings is 1. The van der Waals surface area contributed by atoms with Crippen LogP contribution >= 0.6 is 12.2 Å². The molecule has 5 rings (SSSR count). The van der Waals surface area contributed by atoms with Crippen molar-refractivity contribution in [1.82, 2.24) is 10.3 Å². The van der Waals surface area contributed by atoms with Gasteiger partial charge in [-0.2, -0.15) is 0 Å². The molecule has 0 aliphatic carbocycles. The van der Waals surface area contributed by atoms with Gasteiger partial charge in [0.05, 0.1) is 31.0 Å². The Labute approximate surface area is 214 Å². The van der Waals surface area contributed by atoms with Gasteiger partial charge >= 0.3 is 5.97 Å². The first kappa shape index (κ1) is 23.6. The molecule has 182 valence electrons. The third-order valence-electron chi connectivity index (χ3n) is 6.04. The number of carbonyl (C=O) groups excluding carboxylic acids is 1. The van der Waals surface area contributed by atoms with Crippen molar-refractivity contribution in [3.63, 3.8) is 0 Å². The van der Waals surface area contributed by atoms with Gasteiger partial charge in [0.15, 0.2) is 5.11 Å². The first-order chi connectivity index (χ1) is 17.6. The summed E-state index contributed by atoms with van der Waals surface area (Å²) >= 11 is 5.78. The second kappa shape index (κ2) is 10.2. The molecule has 8 heteroatoms. The van der Waals surface area contributed by atoms with E-state index in [1.807, 2.05) is 78.6 Å². The molecule has 7 nitrogen and oxygen atoms in total. The summed E-state index contributed by atoms with van der Waals surface area (Å²) in [5.74, 6) is 1.61. The topological polar surface area (TPSA) is 76.8 Å². The van der Waals surface area contributed by atoms with E-state index in [0.29, 0.717) is 34.4 Å². The van der Waals surface area contributed by atoms with Crippen LogP contribution < -0.4 is 15.0 Å². The van der Waals surface area contributed by atoms with Gasteiger partial charge in [-0.3, -0.25) is 4.98 Å². The average molecular weight is 500 g/mol. The molecule has 0 amide bonds. The second-order valence-electron chi connectivity index (χ2n) is 8.16. The number of nitrogens with one attached hydrogen (secondary N) is 1. The number of thiocarbonyl (C=S) groups is 1. The molecule has 4 aromatic rings. The van der Waals surface area contributed by atoms with E-state index in [1.165, 1.54) is 7.11 Å². The van der Waals surface area contributed by atoms with Crippen LogP contribution in [0.1, 0.15) is 40.8 Å². The number of esters is 1. The van der Waals surface area contributed by atoms with Crippen LogP contribution in [0.4, 0.5) is 5.69 Å². The first-order valence-corrected chi connectivity index (χ1v) is 12.0. The molecule has 2 aromatic heterocycles. The molecular formula is C28H25N3O4S. The van der Waals surface area contributed by atoms with E-state index >= 15 is 0 Å². The molecule has 1 fully saturated rings. The number of nitrogens with zero attached hydrogens (tertiary/aromatic N) is 2. The van der Waals surface area contributed by atoms with Crippen LogP contribution in [0.3, 0.4) is 0 Å². The summed E-state index contributed by atoms with van der Waals surface area (Å²) < 4.78 is 17.0. The van der Waals surface area contributed by atoms with Crippen LogP contribution in [0.15, 0.2) is 89.5 Å². The van der Waals surface area contributed by atoms with E-state index in [0.717, 1.165) is 17.1 Å². The van der Waals surface area contributed by atoms with Crippen molar-refractivity contribution < 1.29 is 18.7 Å². The highest BCUT2D eigenvalue weighted by Crippen LogP contribution is 2.43. The summed E-state index contributed by atoms with van der Waals surface area (Å²) in [5, 5.41) is 3.99. The molecule has 1 aliphatic heterocycles. The Hall–Kier alpha value is -4.17. The van der Waals surface area contributed by atoms with E-state index in [2.05, 4.69) is 10.3 Å². The van der Waals surface area contributed by atoms with Crippen LogP contribution in [-0.2, 0) is 4.74 Å². The van der Waals surface area contributed by atoms with Crippen LogP contribution in [0.25, 0.3) is 11.3 Å². The summed E-state index contributed by atoms with van der Waals surface area (Å²) in [5.41, 5.74) is 2.83. The molecule has 3 heterocycles. The number of pyridine rings is 1. The molecular weight excluding hydrogens is 474 g/mol. The molecule has 0 unspecified atom stereocenters. The minimum atomic E-state index is -0.422. The number of anilines is 1. The van der Waals surface area contributed by atoms with Crippen LogP contribution in [0.5, 0.6) is 5.75 Å². The summed E-state index contributed by atoms with van der Waals surface area (Å²) in [4.78, 5) is 19.0. The standard InChI is InChI=1S/C28H25N3O4S/c1-3-34-19-13-11-18(12-14-19)31-26(25(30-28(31)36)22-10-6-7-17-29-22)24-16-15-23(35-24)20-8-4-5-9-21(20)27(32)33-2/h4-17,25-26H,3H2,1-2H3,(H,30,36)/t25-,26-/m1/s1. The number of ether oxygens (including phenoxy) is 2. The lowest BCUT2D eigenvalue weighted by Crippen LogP contribution is -2.29. The number of methoxy groups -OCH3 is 1. The van der Waals surface area contributed by atoms with Gasteiger partial charge in [-0.05, 0) is 73.7 Å². The van der Waals surface area contributed by atoms with E-state index in [9.17, 15) is 4.79 Å². The maximum Gasteiger partial charge on any atom is 0.338 e. The van der Waals surface area contributed by atoms with E-state index < -0.39 is 5.97 Å². The molecule has 1 aliphatic rings. The van der Waals surface area contributed by atoms with Crippen molar-refractivity contribution in [3.05, 3.63) is 102 Å². The van der Waals surface area contributed by atoms with Crippen LogP contribution in [0.2, 0.25) is 0 Å². The minimum absolute atomic E-state index is 0.250. The Morgan fingerprint density at radius 3 is 2.56 bits per heavy atom. The van der Waals surface area contributed by atoms with Crippen LogP contribution in [0, 0.1) is 0 Å². The van der Waals surface area contributed by atoms with Gasteiger partial charge in [-0.1, -0.05) is 24.3 Å². The van der Waals surface area contributed by atoms with Gasteiger partial charge in [0.2, 0.25) is 0 Å². The van der Waals surface area contributed by atoms with Gasteiger partial charge in [0, 0.05) is 17.4 Å². The number of hydrogen-bond donors (Lipinski definition) is 1. The van der Waals surface area contributed by atoms with Gasteiger partial charge in [0.25, 0.3) is 0 Å². The number of aromatic nitrogens is 1. The average Bonchev–Trinajstić information content (AvgIpc) is 3.54. The van der Waals surface area contributed by atoms with Gasteiger partial charge in [-0.15, -0.1) is 0 Å². The summed E-state index contributed by atoms with van der Waals surface area (Å²) in [6.07, 6.45) is 1.76. The van der Waals surface area contributed by atoms with Gasteiger partial charge in [0.1, 0.15) is 23.3 Å². The molecule has 0 spiro atoms. The Balaban J connectivity index is 1.58.